The number of rotatable bonds is 3. The second-order valence-electron chi connectivity index (χ2n) is 5.10. The van der Waals surface area contributed by atoms with Gasteiger partial charge in [-0.3, -0.25) is 4.79 Å². The van der Waals surface area contributed by atoms with Gasteiger partial charge in [0, 0.05) is 18.1 Å². The average molecular weight is 345 g/mol. The summed E-state index contributed by atoms with van der Waals surface area (Å²) in [7, 11) is 0. The van der Waals surface area contributed by atoms with Gasteiger partial charge in [-0.25, -0.2) is 4.79 Å². The van der Waals surface area contributed by atoms with Gasteiger partial charge >= 0.3 is 6.09 Å². The molecule has 1 N–H and O–H groups in total. The second-order valence-corrected chi connectivity index (χ2v) is 5.94. The first-order chi connectivity index (χ1) is 10.5. The molecular weight excluding hydrogens is 327 g/mol. The largest absolute Gasteiger partial charge is 0.450 e. The van der Waals surface area contributed by atoms with E-state index < -0.39 is 0 Å². The SMILES string of the molecule is CCOC(=O)N1CCCC(C(=O)Nc2ccc(Cl)cc2Cl)C1. The van der Waals surface area contributed by atoms with Crippen molar-refractivity contribution in [2.75, 3.05) is 25.0 Å². The number of nitrogens with one attached hydrogen (secondary N) is 1. The summed E-state index contributed by atoms with van der Waals surface area (Å²) in [4.78, 5) is 25.7. The Kier molecular flexibility index (Phi) is 5.91. The van der Waals surface area contributed by atoms with Crippen molar-refractivity contribution in [3.05, 3.63) is 28.2 Å². The number of hydrogen-bond donors (Lipinski definition) is 1. The van der Waals surface area contributed by atoms with Gasteiger partial charge in [0.2, 0.25) is 5.91 Å². The number of likely N-dealkylation sites (tertiary alicyclic amines) is 1. The highest BCUT2D eigenvalue weighted by atomic mass is 35.5. The number of hydrogen-bond acceptors (Lipinski definition) is 3. The van der Waals surface area contributed by atoms with Crippen LogP contribution in [0.1, 0.15) is 19.8 Å². The molecule has 0 saturated carbocycles. The van der Waals surface area contributed by atoms with Crippen LogP contribution in [0.3, 0.4) is 0 Å². The van der Waals surface area contributed by atoms with E-state index in [-0.39, 0.29) is 17.9 Å². The van der Waals surface area contributed by atoms with Gasteiger partial charge in [-0.05, 0) is 38.0 Å². The van der Waals surface area contributed by atoms with Crippen molar-refractivity contribution in [2.45, 2.75) is 19.8 Å². The van der Waals surface area contributed by atoms with Gasteiger partial charge in [0.1, 0.15) is 0 Å². The summed E-state index contributed by atoms with van der Waals surface area (Å²) in [6.07, 6.45) is 1.13. The number of anilines is 1. The summed E-state index contributed by atoms with van der Waals surface area (Å²) in [5, 5.41) is 3.69. The monoisotopic (exact) mass is 344 g/mol. The molecule has 2 rings (SSSR count). The van der Waals surface area contributed by atoms with E-state index >= 15 is 0 Å². The highest BCUT2D eigenvalue weighted by Gasteiger charge is 2.29. The summed E-state index contributed by atoms with van der Waals surface area (Å²) in [6.45, 7) is 3.06. The summed E-state index contributed by atoms with van der Waals surface area (Å²) in [5.74, 6) is -0.428. The minimum atomic E-state index is -0.371. The standard InChI is InChI=1S/C15H18Cl2N2O3/c1-2-22-15(21)19-7-3-4-10(9-19)14(20)18-13-6-5-11(16)8-12(13)17/h5-6,8,10H,2-4,7,9H2,1H3,(H,18,20). The van der Waals surface area contributed by atoms with E-state index in [0.717, 1.165) is 12.8 Å². The quantitative estimate of drug-likeness (QED) is 0.907. The van der Waals surface area contributed by atoms with Crippen LogP contribution >= 0.6 is 23.2 Å². The Morgan fingerprint density at radius 2 is 2.18 bits per heavy atom. The number of ether oxygens (including phenoxy) is 1. The summed E-state index contributed by atoms with van der Waals surface area (Å²) in [5.41, 5.74) is 0.518. The van der Waals surface area contributed by atoms with Crippen molar-refractivity contribution >= 4 is 40.9 Å². The Labute approximate surface area is 139 Å². The molecule has 1 heterocycles. The van der Waals surface area contributed by atoms with Crippen LogP contribution in [0.2, 0.25) is 10.0 Å². The maximum absolute atomic E-state index is 12.3. The molecule has 1 atom stereocenters. The van der Waals surface area contributed by atoms with E-state index in [4.69, 9.17) is 27.9 Å². The molecule has 0 spiro atoms. The van der Waals surface area contributed by atoms with Crippen molar-refractivity contribution < 1.29 is 14.3 Å². The minimum Gasteiger partial charge on any atom is -0.450 e. The van der Waals surface area contributed by atoms with E-state index in [2.05, 4.69) is 5.32 Å². The molecule has 1 aromatic carbocycles. The average Bonchev–Trinajstić information content (AvgIpc) is 2.50. The van der Waals surface area contributed by atoms with Gasteiger partial charge in [0.15, 0.2) is 0 Å². The molecule has 0 aliphatic carbocycles. The van der Waals surface area contributed by atoms with Crippen LogP contribution < -0.4 is 5.32 Å². The van der Waals surface area contributed by atoms with E-state index in [0.29, 0.717) is 35.4 Å². The zero-order chi connectivity index (χ0) is 16.1. The molecule has 2 amide bonds. The fourth-order valence-corrected chi connectivity index (χ4v) is 2.85. The van der Waals surface area contributed by atoms with Crippen LogP contribution in [0.15, 0.2) is 18.2 Å². The molecule has 1 aromatic rings. The van der Waals surface area contributed by atoms with Crippen LogP contribution in [0, 0.1) is 5.92 Å². The second kappa shape index (κ2) is 7.70. The highest BCUT2D eigenvalue weighted by molar-refractivity contribution is 6.36. The lowest BCUT2D eigenvalue weighted by Crippen LogP contribution is -2.44. The zero-order valence-electron chi connectivity index (χ0n) is 12.3. The zero-order valence-corrected chi connectivity index (χ0v) is 13.8. The normalized spacial score (nSPS) is 18.0. The number of carbonyl (C=O) groups is 2. The molecular formula is C15H18Cl2N2O3. The summed E-state index contributed by atoms with van der Waals surface area (Å²) in [6, 6.07) is 4.90. The molecule has 1 aliphatic rings. The first-order valence-electron chi connectivity index (χ1n) is 7.19. The molecule has 120 valence electrons. The van der Waals surface area contributed by atoms with Crippen molar-refractivity contribution in [1.82, 2.24) is 4.90 Å². The number of amides is 2. The van der Waals surface area contributed by atoms with Crippen molar-refractivity contribution in [3.63, 3.8) is 0 Å². The first-order valence-corrected chi connectivity index (χ1v) is 7.94. The van der Waals surface area contributed by atoms with E-state index in [1.807, 2.05) is 0 Å². The Morgan fingerprint density at radius 1 is 1.41 bits per heavy atom. The van der Waals surface area contributed by atoms with Crippen molar-refractivity contribution in [2.24, 2.45) is 5.92 Å². The van der Waals surface area contributed by atoms with Crippen LogP contribution in [0.5, 0.6) is 0 Å². The third-order valence-corrected chi connectivity index (χ3v) is 4.05. The molecule has 5 nitrogen and oxygen atoms in total. The van der Waals surface area contributed by atoms with E-state index in [1.165, 1.54) is 0 Å². The molecule has 1 aliphatic heterocycles. The van der Waals surface area contributed by atoms with Crippen LogP contribution in [-0.4, -0.2) is 36.6 Å². The predicted octanol–water partition coefficient (Wildman–Crippen LogP) is 3.80. The number of benzene rings is 1. The van der Waals surface area contributed by atoms with Gasteiger partial charge in [0.25, 0.3) is 0 Å². The van der Waals surface area contributed by atoms with Crippen molar-refractivity contribution in [3.8, 4) is 0 Å². The molecule has 1 unspecified atom stereocenters. The maximum atomic E-state index is 12.3. The molecule has 7 heteroatoms. The topological polar surface area (TPSA) is 58.6 Å². The third-order valence-electron chi connectivity index (χ3n) is 3.51. The Hall–Kier alpha value is -1.46. The molecule has 1 fully saturated rings. The van der Waals surface area contributed by atoms with Gasteiger partial charge in [-0.2, -0.15) is 0 Å². The third kappa shape index (κ3) is 4.27. The van der Waals surface area contributed by atoms with Gasteiger partial charge < -0.3 is 15.0 Å². The number of halogens is 2. The Morgan fingerprint density at radius 3 is 2.86 bits per heavy atom. The number of nitrogens with zero attached hydrogens (tertiary/aromatic N) is 1. The van der Waals surface area contributed by atoms with Crippen LogP contribution in [-0.2, 0) is 9.53 Å². The summed E-state index contributed by atoms with van der Waals surface area (Å²) >= 11 is 11.9. The lowest BCUT2D eigenvalue weighted by atomic mass is 9.97. The van der Waals surface area contributed by atoms with E-state index in [9.17, 15) is 9.59 Å². The highest BCUT2D eigenvalue weighted by Crippen LogP contribution is 2.27. The molecule has 0 aromatic heterocycles. The van der Waals surface area contributed by atoms with Gasteiger partial charge in [-0.15, -0.1) is 0 Å². The molecule has 0 bridgehead atoms. The maximum Gasteiger partial charge on any atom is 0.409 e. The summed E-state index contributed by atoms with van der Waals surface area (Å²) < 4.78 is 4.98. The lowest BCUT2D eigenvalue weighted by molar-refractivity contribution is -0.121. The van der Waals surface area contributed by atoms with Crippen molar-refractivity contribution in [1.29, 1.82) is 0 Å². The fraction of sp³-hybridized carbons (Fsp3) is 0.467. The van der Waals surface area contributed by atoms with Gasteiger partial charge in [0.05, 0.1) is 23.2 Å². The molecule has 1 saturated heterocycles. The van der Waals surface area contributed by atoms with Crippen LogP contribution in [0.25, 0.3) is 0 Å². The minimum absolute atomic E-state index is 0.154. The first kappa shape index (κ1) is 16.9. The Bertz CT molecular complexity index is 566. The fourth-order valence-electron chi connectivity index (χ4n) is 2.40. The molecule has 0 radical (unpaired) electrons. The number of piperidine rings is 1. The van der Waals surface area contributed by atoms with Crippen LogP contribution in [0.4, 0.5) is 10.5 Å². The smallest absolute Gasteiger partial charge is 0.409 e. The lowest BCUT2D eigenvalue weighted by Gasteiger charge is -2.31. The molecule has 22 heavy (non-hydrogen) atoms. The van der Waals surface area contributed by atoms with E-state index in [1.54, 1.807) is 30.0 Å². The Balaban J connectivity index is 1.98. The van der Waals surface area contributed by atoms with Gasteiger partial charge in [-0.1, -0.05) is 23.2 Å². The predicted molar refractivity (Wildman–Crippen MR) is 86.4 cm³/mol. The number of carbonyl (C=O) groups excluding carboxylic acids is 2.